The van der Waals surface area contributed by atoms with Gasteiger partial charge < -0.3 is 5.32 Å². The molecule has 1 N–H and O–H groups in total. The smallest absolute Gasteiger partial charge is 0.0937 e. The Morgan fingerprint density at radius 1 is 1.14 bits per heavy atom. The van der Waals surface area contributed by atoms with Crippen LogP contribution in [-0.4, -0.2) is 26.3 Å². The second-order valence-corrected chi connectivity index (χ2v) is 4.85. The summed E-state index contributed by atoms with van der Waals surface area (Å²) in [5.41, 5.74) is 3.87. The van der Waals surface area contributed by atoms with Crippen LogP contribution in [-0.2, 0) is 6.54 Å². The summed E-state index contributed by atoms with van der Waals surface area (Å²) in [4.78, 5) is 9.28. The van der Waals surface area contributed by atoms with Gasteiger partial charge in [0.25, 0.3) is 0 Å². The van der Waals surface area contributed by atoms with Crippen LogP contribution in [0.3, 0.4) is 0 Å². The molecule has 0 saturated heterocycles. The fourth-order valence-corrected chi connectivity index (χ4v) is 2.53. The van der Waals surface area contributed by atoms with E-state index in [0.717, 1.165) is 35.5 Å². The van der Waals surface area contributed by atoms with Gasteiger partial charge in [0.2, 0.25) is 0 Å². The van der Waals surface area contributed by atoms with E-state index < -0.39 is 0 Å². The predicted molar refractivity (Wildman–Crippen MR) is 83.0 cm³/mol. The zero-order valence-electron chi connectivity index (χ0n) is 12.3. The molecule has 0 bridgehead atoms. The first-order valence-corrected chi connectivity index (χ1v) is 7.30. The highest BCUT2D eigenvalue weighted by molar-refractivity contribution is 5.73. The van der Waals surface area contributed by atoms with Crippen LogP contribution < -0.4 is 5.32 Å². The van der Waals surface area contributed by atoms with Gasteiger partial charge in [0.15, 0.2) is 0 Å². The van der Waals surface area contributed by atoms with E-state index in [0.29, 0.717) is 0 Å². The molecule has 108 valence electrons. The van der Waals surface area contributed by atoms with E-state index >= 15 is 0 Å². The summed E-state index contributed by atoms with van der Waals surface area (Å²) in [7, 11) is 0. The number of nitrogens with one attached hydrogen (secondary N) is 1. The van der Waals surface area contributed by atoms with E-state index in [1.807, 2.05) is 47.4 Å². The SMILES string of the molecule is CCNC(c1cnc2ccccc2n1)c1ccnn1CC. The molecule has 3 rings (SSSR count). The lowest BCUT2D eigenvalue weighted by Crippen LogP contribution is -2.25. The molecular formula is C16H19N5. The molecule has 3 aromatic rings. The zero-order chi connectivity index (χ0) is 14.7. The minimum absolute atomic E-state index is 0.00885. The zero-order valence-corrected chi connectivity index (χ0v) is 12.3. The summed E-state index contributed by atoms with van der Waals surface area (Å²) < 4.78 is 1.99. The van der Waals surface area contributed by atoms with Crippen LogP contribution in [0.1, 0.15) is 31.3 Å². The van der Waals surface area contributed by atoms with E-state index in [-0.39, 0.29) is 6.04 Å². The second kappa shape index (κ2) is 6.01. The Labute approximate surface area is 124 Å². The maximum Gasteiger partial charge on any atom is 0.0937 e. The number of hydrogen-bond donors (Lipinski definition) is 1. The number of hydrogen-bond acceptors (Lipinski definition) is 4. The summed E-state index contributed by atoms with van der Waals surface area (Å²) in [5, 5.41) is 7.83. The van der Waals surface area contributed by atoms with Crippen LogP contribution in [0.5, 0.6) is 0 Å². The molecule has 2 aromatic heterocycles. The lowest BCUT2D eigenvalue weighted by Gasteiger charge is -2.18. The first kappa shape index (κ1) is 13.7. The molecule has 1 aromatic carbocycles. The quantitative estimate of drug-likeness (QED) is 0.781. The monoisotopic (exact) mass is 281 g/mol. The third kappa shape index (κ3) is 2.64. The molecule has 0 aliphatic rings. The number of para-hydroxylation sites is 2. The van der Waals surface area contributed by atoms with Gasteiger partial charge in [-0.25, -0.2) is 4.98 Å². The largest absolute Gasteiger partial charge is 0.304 e. The van der Waals surface area contributed by atoms with Crippen LogP contribution in [0.25, 0.3) is 11.0 Å². The van der Waals surface area contributed by atoms with Gasteiger partial charge in [-0.1, -0.05) is 19.1 Å². The minimum atomic E-state index is 0.00885. The summed E-state index contributed by atoms with van der Waals surface area (Å²) in [6.45, 7) is 5.87. The van der Waals surface area contributed by atoms with Gasteiger partial charge in [-0.05, 0) is 31.7 Å². The Hall–Kier alpha value is -2.27. The normalized spacial score (nSPS) is 12.7. The molecule has 1 unspecified atom stereocenters. The maximum atomic E-state index is 4.76. The highest BCUT2D eigenvalue weighted by atomic mass is 15.3. The molecule has 0 aliphatic heterocycles. The first-order valence-electron chi connectivity index (χ1n) is 7.30. The molecular weight excluding hydrogens is 262 g/mol. The van der Waals surface area contributed by atoms with Crippen molar-refractivity contribution in [3.8, 4) is 0 Å². The molecule has 0 amide bonds. The Kier molecular flexibility index (Phi) is 3.92. The molecule has 5 nitrogen and oxygen atoms in total. The lowest BCUT2D eigenvalue weighted by atomic mass is 10.1. The van der Waals surface area contributed by atoms with Crippen molar-refractivity contribution in [1.29, 1.82) is 0 Å². The lowest BCUT2D eigenvalue weighted by molar-refractivity contribution is 0.534. The van der Waals surface area contributed by atoms with Crippen LogP contribution in [0.4, 0.5) is 0 Å². The molecule has 0 radical (unpaired) electrons. The van der Waals surface area contributed by atoms with Gasteiger partial charge in [-0.15, -0.1) is 0 Å². The summed E-state index contributed by atoms with van der Waals surface area (Å²) >= 11 is 0. The molecule has 0 saturated carbocycles. The van der Waals surface area contributed by atoms with Gasteiger partial charge >= 0.3 is 0 Å². The Balaban J connectivity index is 2.06. The Morgan fingerprint density at radius 3 is 2.71 bits per heavy atom. The molecule has 2 heterocycles. The first-order chi connectivity index (χ1) is 10.3. The van der Waals surface area contributed by atoms with E-state index in [9.17, 15) is 0 Å². The molecule has 0 fully saturated rings. The average Bonchev–Trinajstić information content (AvgIpc) is 3.00. The van der Waals surface area contributed by atoms with E-state index in [2.05, 4.69) is 29.2 Å². The van der Waals surface area contributed by atoms with Crippen molar-refractivity contribution in [1.82, 2.24) is 25.1 Å². The van der Waals surface area contributed by atoms with Crippen LogP contribution in [0, 0.1) is 0 Å². The molecule has 21 heavy (non-hydrogen) atoms. The van der Waals surface area contributed by atoms with Gasteiger partial charge in [-0.3, -0.25) is 9.67 Å². The molecule has 5 heteroatoms. The average molecular weight is 281 g/mol. The summed E-state index contributed by atoms with van der Waals surface area (Å²) in [6, 6.07) is 9.98. The number of fused-ring (bicyclic) bond motifs is 1. The number of nitrogens with zero attached hydrogens (tertiary/aromatic N) is 4. The standard InChI is InChI=1S/C16H19N5/c1-3-17-16(15-9-10-19-21(15)4-2)14-11-18-12-7-5-6-8-13(12)20-14/h5-11,16-17H,3-4H2,1-2H3. The third-order valence-electron chi connectivity index (χ3n) is 3.52. The van der Waals surface area contributed by atoms with Gasteiger partial charge in [0.1, 0.15) is 0 Å². The topological polar surface area (TPSA) is 55.6 Å². The summed E-state index contributed by atoms with van der Waals surface area (Å²) in [5.74, 6) is 0. The van der Waals surface area contributed by atoms with Crippen molar-refractivity contribution < 1.29 is 0 Å². The van der Waals surface area contributed by atoms with Gasteiger partial charge in [0, 0.05) is 12.7 Å². The predicted octanol–water partition coefficient (Wildman–Crippen LogP) is 2.55. The van der Waals surface area contributed by atoms with Crippen LogP contribution >= 0.6 is 0 Å². The fourth-order valence-electron chi connectivity index (χ4n) is 2.53. The highest BCUT2D eigenvalue weighted by Crippen LogP contribution is 2.21. The third-order valence-corrected chi connectivity index (χ3v) is 3.52. The number of aromatic nitrogens is 4. The van der Waals surface area contributed by atoms with Crippen molar-refractivity contribution in [3.63, 3.8) is 0 Å². The minimum Gasteiger partial charge on any atom is -0.304 e. The van der Waals surface area contributed by atoms with Crippen molar-refractivity contribution in [2.75, 3.05) is 6.54 Å². The van der Waals surface area contributed by atoms with E-state index in [1.165, 1.54) is 0 Å². The van der Waals surface area contributed by atoms with Crippen molar-refractivity contribution in [2.45, 2.75) is 26.4 Å². The Bertz CT molecular complexity index is 734. The van der Waals surface area contributed by atoms with Crippen LogP contribution in [0.15, 0.2) is 42.7 Å². The van der Waals surface area contributed by atoms with Gasteiger partial charge in [-0.2, -0.15) is 5.10 Å². The fraction of sp³-hybridized carbons (Fsp3) is 0.312. The highest BCUT2D eigenvalue weighted by Gasteiger charge is 2.19. The number of benzene rings is 1. The maximum absolute atomic E-state index is 4.76. The van der Waals surface area contributed by atoms with E-state index in [4.69, 9.17) is 4.98 Å². The van der Waals surface area contributed by atoms with Crippen molar-refractivity contribution in [2.24, 2.45) is 0 Å². The second-order valence-electron chi connectivity index (χ2n) is 4.85. The van der Waals surface area contributed by atoms with Crippen molar-refractivity contribution in [3.05, 3.63) is 54.1 Å². The number of aryl methyl sites for hydroxylation is 1. The molecule has 0 aliphatic carbocycles. The van der Waals surface area contributed by atoms with E-state index in [1.54, 1.807) is 0 Å². The summed E-state index contributed by atoms with van der Waals surface area (Å²) in [6.07, 6.45) is 3.68. The molecule has 0 spiro atoms. The molecule has 1 atom stereocenters. The Morgan fingerprint density at radius 2 is 1.95 bits per heavy atom. The van der Waals surface area contributed by atoms with Gasteiger partial charge in [0.05, 0.1) is 34.7 Å². The number of rotatable bonds is 5. The van der Waals surface area contributed by atoms with Crippen molar-refractivity contribution >= 4 is 11.0 Å². The van der Waals surface area contributed by atoms with Crippen LogP contribution in [0.2, 0.25) is 0 Å².